The molecule has 1 aromatic carbocycles. The van der Waals surface area contributed by atoms with Crippen LogP contribution in [0, 0.1) is 0 Å². The predicted octanol–water partition coefficient (Wildman–Crippen LogP) is -1.43. The average Bonchev–Trinajstić information content (AvgIpc) is 2.56. The van der Waals surface area contributed by atoms with Crippen LogP contribution in [0.15, 0.2) is 18.2 Å². The summed E-state index contributed by atoms with van der Waals surface area (Å²) in [6, 6.07) is 5.19. The molecule has 0 aliphatic rings. The third-order valence-corrected chi connectivity index (χ3v) is 3.39. The molecule has 2 aromatic rings. The first-order valence-corrected chi connectivity index (χ1v) is 6.97. The van der Waals surface area contributed by atoms with E-state index in [9.17, 15) is 13.0 Å². The molecule has 0 saturated carbocycles. The number of fused-ring (bicyclic) bond motifs is 1. The molecule has 18 heavy (non-hydrogen) atoms. The van der Waals surface area contributed by atoms with Crippen LogP contribution in [-0.2, 0) is 10.3 Å². The van der Waals surface area contributed by atoms with Gasteiger partial charge in [0.05, 0.1) is 16.8 Å². The van der Waals surface area contributed by atoms with E-state index in [1.807, 2.05) is 6.92 Å². The number of hydrogen-bond acceptors (Lipinski definition) is 6. The van der Waals surface area contributed by atoms with E-state index in [1.165, 1.54) is 0 Å². The first-order valence-electron chi connectivity index (χ1n) is 4.75. The number of anilines is 1. The minimum atomic E-state index is -4.53. The maximum absolute atomic E-state index is 10.5. The quantitative estimate of drug-likeness (QED) is 0.552. The Labute approximate surface area is 131 Å². The number of ether oxygens (including phenoxy) is 1. The molecular formula is C9H9N2NaO4S2. The summed E-state index contributed by atoms with van der Waals surface area (Å²) in [7, 11) is -4.53. The Morgan fingerprint density at radius 3 is 2.83 bits per heavy atom. The fourth-order valence-corrected chi connectivity index (χ4v) is 2.79. The van der Waals surface area contributed by atoms with E-state index < -0.39 is 10.3 Å². The van der Waals surface area contributed by atoms with Crippen LogP contribution in [0.5, 0.6) is 5.75 Å². The number of nitrogens with one attached hydrogen (secondary N) is 1. The molecule has 0 unspecified atom stereocenters. The van der Waals surface area contributed by atoms with Crippen molar-refractivity contribution in [3.8, 4) is 5.75 Å². The molecule has 0 fully saturated rings. The van der Waals surface area contributed by atoms with Gasteiger partial charge in [0.2, 0.25) is 0 Å². The average molecular weight is 296 g/mol. The van der Waals surface area contributed by atoms with Crippen LogP contribution >= 0.6 is 11.3 Å². The minimum absolute atomic E-state index is 0. The van der Waals surface area contributed by atoms with Crippen molar-refractivity contribution in [3.63, 3.8) is 0 Å². The summed E-state index contributed by atoms with van der Waals surface area (Å²) >= 11 is 1.08. The van der Waals surface area contributed by atoms with Crippen LogP contribution < -0.4 is 39.0 Å². The standard InChI is InChI=1S/C9H10N2O4S2.Na/c1-2-15-6-3-4-7-8(5-6)16-9(10-7)11-17(12,13)14;/h3-5H,2H2,1H3,(H,10,11)(H,12,13,14);/q;+1/p-1. The van der Waals surface area contributed by atoms with E-state index in [4.69, 9.17) is 4.74 Å². The van der Waals surface area contributed by atoms with Crippen molar-refractivity contribution in [2.45, 2.75) is 6.92 Å². The van der Waals surface area contributed by atoms with Gasteiger partial charge in [-0.3, -0.25) is 4.72 Å². The fourth-order valence-electron chi connectivity index (χ4n) is 1.31. The largest absolute Gasteiger partial charge is 1.00 e. The van der Waals surface area contributed by atoms with Gasteiger partial charge in [0.15, 0.2) is 15.4 Å². The summed E-state index contributed by atoms with van der Waals surface area (Å²) in [5.41, 5.74) is 0.615. The van der Waals surface area contributed by atoms with Crippen molar-refractivity contribution in [2.75, 3.05) is 11.3 Å². The predicted molar refractivity (Wildman–Crippen MR) is 64.1 cm³/mol. The second-order valence-electron chi connectivity index (χ2n) is 3.14. The molecule has 92 valence electrons. The minimum Gasteiger partial charge on any atom is -0.731 e. The molecule has 1 heterocycles. The summed E-state index contributed by atoms with van der Waals surface area (Å²) < 4.78 is 39.4. The summed E-state index contributed by atoms with van der Waals surface area (Å²) in [6.45, 7) is 2.41. The summed E-state index contributed by atoms with van der Waals surface area (Å²) in [6.07, 6.45) is 0. The fraction of sp³-hybridized carbons (Fsp3) is 0.222. The van der Waals surface area contributed by atoms with Crippen molar-refractivity contribution in [2.24, 2.45) is 0 Å². The van der Waals surface area contributed by atoms with E-state index in [0.717, 1.165) is 16.0 Å². The Morgan fingerprint density at radius 2 is 2.22 bits per heavy atom. The SMILES string of the molecule is CCOc1ccc2nc(NS(=O)(=O)[O-])sc2c1.[Na+]. The van der Waals surface area contributed by atoms with Gasteiger partial charge in [0, 0.05) is 0 Å². The van der Waals surface area contributed by atoms with Gasteiger partial charge in [-0.15, -0.1) is 0 Å². The van der Waals surface area contributed by atoms with E-state index >= 15 is 0 Å². The molecule has 1 N–H and O–H groups in total. The van der Waals surface area contributed by atoms with Gasteiger partial charge in [-0.25, -0.2) is 13.4 Å². The van der Waals surface area contributed by atoms with E-state index in [1.54, 1.807) is 22.9 Å². The van der Waals surface area contributed by atoms with E-state index in [-0.39, 0.29) is 34.7 Å². The Balaban J connectivity index is 0.00000162. The zero-order valence-electron chi connectivity index (χ0n) is 9.84. The topological polar surface area (TPSA) is 91.3 Å². The Morgan fingerprint density at radius 1 is 1.50 bits per heavy atom. The smallest absolute Gasteiger partial charge is 0.731 e. The van der Waals surface area contributed by atoms with Crippen molar-refractivity contribution in [1.29, 1.82) is 0 Å². The van der Waals surface area contributed by atoms with Crippen LogP contribution in [0.1, 0.15) is 6.92 Å². The Kier molecular flexibility index (Phi) is 5.38. The third-order valence-electron chi connectivity index (χ3n) is 1.88. The molecule has 0 atom stereocenters. The second kappa shape index (κ2) is 6.18. The van der Waals surface area contributed by atoms with Crippen molar-refractivity contribution >= 4 is 37.0 Å². The van der Waals surface area contributed by atoms with Gasteiger partial charge in [-0.05, 0) is 25.1 Å². The van der Waals surface area contributed by atoms with Gasteiger partial charge in [0.1, 0.15) is 5.75 Å². The first kappa shape index (κ1) is 15.7. The number of thiazole rings is 1. The second-order valence-corrected chi connectivity index (χ2v) is 5.28. The third kappa shape index (κ3) is 4.08. The molecule has 6 nitrogen and oxygen atoms in total. The summed E-state index contributed by atoms with van der Waals surface area (Å²) in [5.74, 6) is 0.681. The Bertz CT molecular complexity index is 641. The maximum atomic E-state index is 10.5. The molecule has 0 aliphatic carbocycles. The molecule has 9 heteroatoms. The zero-order chi connectivity index (χ0) is 12.5. The molecule has 0 saturated heterocycles. The van der Waals surface area contributed by atoms with E-state index in [2.05, 4.69) is 4.98 Å². The molecule has 2 rings (SSSR count). The molecule has 0 spiro atoms. The number of nitrogens with zero attached hydrogens (tertiary/aromatic N) is 1. The molecule has 1 aromatic heterocycles. The van der Waals surface area contributed by atoms with Crippen LogP contribution in [-0.4, -0.2) is 24.6 Å². The number of rotatable bonds is 4. The van der Waals surface area contributed by atoms with Crippen molar-refractivity contribution in [3.05, 3.63) is 18.2 Å². The summed E-state index contributed by atoms with van der Waals surface area (Å²) in [4.78, 5) is 3.97. The number of aromatic nitrogens is 1. The molecule has 0 radical (unpaired) electrons. The molecular weight excluding hydrogens is 287 g/mol. The summed E-state index contributed by atoms with van der Waals surface area (Å²) in [5, 5.41) is 0.0589. The first-order chi connectivity index (χ1) is 7.98. The van der Waals surface area contributed by atoms with Crippen LogP contribution in [0.2, 0.25) is 0 Å². The van der Waals surface area contributed by atoms with Crippen LogP contribution in [0.3, 0.4) is 0 Å². The molecule has 0 amide bonds. The molecule has 0 bridgehead atoms. The zero-order valence-corrected chi connectivity index (χ0v) is 13.5. The Hall–Kier alpha value is -0.380. The monoisotopic (exact) mass is 296 g/mol. The normalized spacial score (nSPS) is 11.0. The van der Waals surface area contributed by atoms with Crippen LogP contribution in [0.25, 0.3) is 10.2 Å². The molecule has 0 aliphatic heterocycles. The van der Waals surface area contributed by atoms with Crippen molar-refractivity contribution in [1.82, 2.24) is 4.98 Å². The van der Waals surface area contributed by atoms with Gasteiger partial charge >= 0.3 is 29.6 Å². The van der Waals surface area contributed by atoms with E-state index in [0.29, 0.717) is 17.9 Å². The maximum Gasteiger partial charge on any atom is 1.00 e. The van der Waals surface area contributed by atoms with Gasteiger partial charge in [-0.1, -0.05) is 11.3 Å². The van der Waals surface area contributed by atoms with Gasteiger partial charge in [0.25, 0.3) is 0 Å². The number of benzene rings is 1. The van der Waals surface area contributed by atoms with Crippen molar-refractivity contribution < 1.29 is 47.3 Å². The van der Waals surface area contributed by atoms with Gasteiger partial charge < -0.3 is 9.29 Å². The number of hydrogen-bond donors (Lipinski definition) is 1. The van der Waals surface area contributed by atoms with Gasteiger partial charge in [-0.2, -0.15) is 0 Å². The van der Waals surface area contributed by atoms with Crippen LogP contribution in [0.4, 0.5) is 5.13 Å².